The number of fused-ring (bicyclic) bond motifs is 1. The standard InChI is InChI=1S/C15H22N2O5S/c1-2-23(18,19)16-10-13(17-5-7-20-8-6-17)12-3-4-14-15(9-12)22-11-21-14/h3-4,9,13,16H,2,5-8,10-11H2,1H3. The van der Waals surface area contributed by atoms with Gasteiger partial charge in [-0.3, -0.25) is 4.90 Å². The largest absolute Gasteiger partial charge is 0.454 e. The minimum Gasteiger partial charge on any atom is -0.454 e. The molecule has 3 rings (SSSR count). The molecule has 23 heavy (non-hydrogen) atoms. The average molecular weight is 342 g/mol. The molecule has 0 aliphatic carbocycles. The predicted octanol–water partition coefficient (Wildman–Crippen LogP) is 0.728. The minimum atomic E-state index is -3.24. The highest BCUT2D eigenvalue weighted by Crippen LogP contribution is 2.35. The van der Waals surface area contributed by atoms with Gasteiger partial charge in [0, 0.05) is 25.7 Å². The first-order chi connectivity index (χ1) is 11.1. The molecule has 1 aromatic carbocycles. The van der Waals surface area contributed by atoms with Crippen LogP contribution in [0.3, 0.4) is 0 Å². The fourth-order valence-corrected chi connectivity index (χ4v) is 3.39. The number of nitrogens with zero attached hydrogens (tertiary/aromatic N) is 1. The molecule has 1 saturated heterocycles. The average Bonchev–Trinajstić information content (AvgIpc) is 3.04. The maximum Gasteiger partial charge on any atom is 0.231 e. The van der Waals surface area contributed by atoms with E-state index >= 15 is 0 Å². The Morgan fingerprint density at radius 1 is 1.22 bits per heavy atom. The zero-order valence-corrected chi connectivity index (χ0v) is 14.0. The van der Waals surface area contributed by atoms with Gasteiger partial charge in [0.25, 0.3) is 0 Å². The van der Waals surface area contributed by atoms with Crippen molar-refractivity contribution in [1.82, 2.24) is 9.62 Å². The Morgan fingerprint density at radius 2 is 1.96 bits per heavy atom. The molecular formula is C15H22N2O5S. The van der Waals surface area contributed by atoms with E-state index in [-0.39, 0.29) is 18.6 Å². The summed E-state index contributed by atoms with van der Waals surface area (Å²) in [7, 11) is -3.24. The molecule has 0 amide bonds. The first-order valence-corrected chi connectivity index (χ1v) is 9.43. The Morgan fingerprint density at radius 3 is 2.70 bits per heavy atom. The summed E-state index contributed by atoms with van der Waals surface area (Å²) in [5.74, 6) is 1.51. The van der Waals surface area contributed by atoms with E-state index in [1.807, 2.05) is 18.2 Å². The second kappa shape index (κ2) is 7.04. The lowest BCUT2D eigenvalue weighted by atomic mass is 10.0. The smallest absolute Gasteiger partial charge is 0.231 e. The van der Waals surface area contributed by atoms with Crippen LogP contribution >= 0.6 is 0 Å². The predicted molar refractivity (Wildman–Crippen MR) is 85.2 cm³/mol. The van der Waals surface area contributed by atoms with Crippen molar-refractivity contribution in [2.45, 2.75) is 13.0 Å². The second-order valence-electron chi connectivity index (χ2n) is 5.53. The van der Waals surface area contributed by atoms with Crippen LogP contribution in [0, 0.1) is 0 Å². The van der Waals surface area contributed by atoms with Crippen molar-refractivity contribution in [3.63, 3.8) is 0 Å². The van der Waals surface area contributed by atoms with Gasteiger partial charge in [0.05, 0.1) is 19.0 Å². The quantitative estimate of drug-likeness (QED) is 0.821. The van der Waals surface area contributed by atoms with Crippen molar-refractivity contribution in [3.05, 3.63) is 23.8 Å². The number of hydrogen-bond acceptors (Lipinski definition) is 6. The van der Waals surface area contributed by atoms with Crippen LogP contribution in [-0.2, 0) is 14.8 Å². The summed E-state index contributed by atoms with van der Waals surface area (Å²) in [6.45, 7) is 5.04. The fraction of sp³-hybridized carbons (Fsp3) is 0.600. The molecule has 1 unspecified atom stereocenters. The SMILES string of the molecule is CCS(=O)(=O)NCC(c1ccc2c(c1)OCO2)N1CCOCC1. The Labute approximate surface area is 136 Å². The van der Waals surface area contributed by atoms with Gasteiger partial charge in [-0.1, -0.05) is 6.07 Å². The fourth-order valence-electron chi connectivity index (χ4n) is 2.78. The van der Waals surface area contributed by atoms with Gasteiger partial charge in [-0.25, -0.2) is 13.1 Å². The molecule has 0 radical (unpaired) electrons. The lowest BCUT2D eigenvalue weighted by molar-refractivity contribution is 0.0171. The normalized spacial score (nSPS) is 19.7. The van der Waals surface area contributed by atoms with Crippen LogP contribution in [0.5, 0.6) is 11.5 Å². The molecule has 8 heteroatoms. The highest BCUT2D eigenvalue weighted by molar-refractivity contribution is 7.89. The zero-order valence-electron chi connectivity index (χ0n) is 13.2. The van der Waals surface area contributed by atoms with E-state index in [2.05, 4.69) is 9.62 Å². The van der Waals surface area contributed by atoms with Gasteiger partial charge >= 0.3 is 0 Å². The van der Waals surface area contributed by atoms with Crippen LogP contribution in [-0.4, -0.2) is 58.7 Å². The maximum absolute atomic E-state index is 11.8. The molecule has 0 saturated carbocycles. The number of hydrogen-bond donors (Lipinski definition) is 1. The van der Waals surface area contributed by atoms with Gasteiger partial charge in [0.1, 0.15) is 0 Å². The summed E-state index contributed by atoms with van der Waals surface area (Å²) in [5.41, 5.74) is 1.01. The minimum absolute atomic E-state index is 0.0604. The Bertz CT molecular complexity index is 643. The number of morpholine rings is 1. The van der Waals surface area contributed by atoms with E-state index in [1.54, 1.807) is 6.92 Å². The van der Waals surface area contributed by atoms with Gasteiger partial charge in [0.15, 0.2) is 11.5 Å². The summed E-state index contributed by atoms with van der Waals surface area (Å²) in [5, 5.41) is 0. The van der Waals surface area contributed by atoms with Crippen molar-refractivity contribution < 1.29 is 22.6 Å². The molecule has 128 valence electrons. The topological polar surface area (TPSA) is 77.1 Å². The highest BCUT2D eigenvalue weighted by atomic mass is 32.2. The lowest BCUT2D eigenvalue weighted by Gasteiger charge is -2.34. The monoisotopic (exact) mass is 342 g/mol. The first-order valence-electron chi connectivity index (χ1n) is 7.78. The Kier molecular flexibility index (Phi) is 5.05. The van der Waals surface area contributed by atoms with E-state index in [9.17, 15) is 8.42 Å². The summed E-state index contributed by atoms with van der Waals surface area (Å²) < 4.78 is 42.5. The first kappa shape index (κ1) is 16.5. The zero-order chi connectivity index (χ0) is 16.3. The van der Waals surface area contributed by atoms with Gasteiger partial charge in [-0.2, -0.15) is 0 Å². The van der Waals surface area contributed by atoms with Crippen LogP contribution < -0.4 is 14.2 Å². The number of rotatable bonds is 6. The molecule has 0 spiro atoms. The molecule has 0 aromatic heterocycles. The van der Waals surface area contributed by atoms with Crippen molar-refractivity contribution in [3.8, 4) is 11.5 Å². The van der Waals surface area contributed by atoms with E-state index in [0.717, 1.165) is 24.4 Å². The molecule has 2 aliphatic heterocycles. The van der Waals surface area contributed by atoms with Crippen molar-refractivity contribution >= 4 is 10.0 Å². The summed E-state index contributed by atoms with van der Waals surface area (Å²) in [4.78, 5) is 2.24. The van der Waals surface area contributed by atoms with Crippen LogP contribution in [0.1, 0.15) is 18.5 Å². The molecule has 1 atom stereocenters. The number of sulfonamides is 1. The third-order valence-electron chi connectivity index (χ3n) is 4.14. The highest BCUT2D eigenvalue weighted by Gasteiger charge is 2.26. The van der Waals surface area contributed by atoms with Crippen molar-refractivity contribution in [2.24, 2.45) is 0 Å². The lowest BCUT2D eigenvalue weighted by Crippen LogP contribution is -2.44. The summed E-state index contributed by atoms with van der Waals surface area (Å²) in [6.07, 6.45) is 0. The van der Waals surface area contributed by atoms with E-state index in [0.29, 0.717) is 25.5 Å². The third-order valence-corrected chi connectivity index (χ3v) is 5.51. The second-order valence-corrected chi connectivity index (χ2v) is 7.62. The van der Waals surface area contributed by atoms with Gasteiger partial charge in [-0.15, -0.1) is 0 Å². The maximum atomic E-state index is 11.8. The van der Waals surface area contributed by atoms with Gasteiger partial charge in [0.2, 0.25) is 16.8 Å². The molecule has 0 bridgehead atoms. The molecule has 1 fully saturated rings. The molecule has 7 nitrogen and oxygen atoms in total. The summed E-state index contributed by atoms with van der Waals surface area (Å²) >= 11 is 0. The molecule has 1 N–H and O–H groups in total. The molecular weight excluding hydrogens is 320 g/mol. The Hall–Kier alpha value is -1.35. The van der Waals surface area contributed by atoms with Crippen LogP contribution in [0.4, 0.5) is 0 Å². The molecule has 2 aliphatic rings. The van der Waals surface area contributed by atoms with Gasteiger partial charge < -0.3 is 14.2 Å². The number of benzene rings is 1. The third kappa shape index (κ3) is 3.95. The van der Waals surface area contributed by atoms with Crippen molar-refractivity contribution in [2.75, 3.05) is 45.4 Å². The van der Waals surface area contributed by atoms with E-state index < -0.39 is 10.0 Å². The Balaban J connectivity index is 1.81. The van der Waals surface area contributed by atoms with Crippen LogP contribution in [0.15, 0.2) is 18.2 Å². The van der Waals surface area contributed by atoms with Crippen LogP contribution in [0.25, 0.3) is 0 Å². The molecule has 2 heterocycles. The van der Waals surface area contributed by atoms with E-state index in [1.165, 1.54) is 0 Å². The number of ether oxygens (including phenoxy) is 3. The molecule has 1 aromatic rings. The van der Waals surface area contributed by atoms with Crippen molar-refractivity contribution in [1.29, 1.82) is 0 Å². The summed E-state index contributed by atoms with van der Waals surface area (Å²) in [6, 6.07) is 5.71. The van der Waals surface area contributed by atoms with Crippen LogP contribution in [0.2, 0.25) is 0 Å². The number of nitrogens with one attached hydrogen (secondary N) is 1. The van der Waals surface area contributed by atoms with Gasteiger partial charge in [-0.05, 0) is 24.6 Å². The van der Waals surface area contributed by atoms with E-state index in [4.69, 9.17) is 14.2 Å².